The third-order valence-electron chi connectivity index (χ3n) is 18.2. The number of fused-ring (bicyclic) bond motifs is 4. The molecule has 18 rings (SSSR count). The zero-order chi connectivity index (χ0) is 83.7. The highest BCUT2D eigenvalue weighted by molar-refractivity contribution is 14.1. The van der Waals surface area contributed by atoms with Crippen LogP contribution in [-0.2, 0) is 30.1 Å². The van der Waals surface area contributed by atoms with Gasteiger partial charge in [-0.15, -0.1) is 0 Å². The number of aromatic amines is 1. The van der Waals surface area contributed by atoms with E-state index in [1.165, 1.54) is 28.8 Å². The average molecular weight is 2000 g/mol. The van der Waals surface area contributed by atoms with Crippen molar-refractivity contribution in [3.05, 3.63) is 343 Å². The summed E-state index contributed by atoms with van der Waals surface area (Å²) in [6.07, 6.45) is 13.6. The van der Waals surface area contributed by atoms with Crippen molar-refractivity contribution in [1.82, 2.24) is 36.8 Å². The Morgan fingerprint density at radius 1 is 0.390 bits per heavy atom. The van der Waals surface area contributed by atoms with E-state index in [1.54, 1.807) is 186 Å². The third-order valence-corrected chi connectivity index (χ3v) is 28.3. The minimum absolute atomic E-state index is 0.209. The van der Waals surface area contributed by atoms with E-state index in [0.717, 1.165) is 101 Å². The molecule has 7 aromatic carbocycles. The molecule has 0 aliphatic carbocycles. The van der Waals surface area contributed by atoms with Gasteiger partial charge in [-0.1, -0.05) is 178 Å². The molecule has 594 valence electrons. The van der Waals surface area contributed by atoms with E-state index in [4.69, 9.17) is 66.5 Å². The molecule has 0 fully saturated rings. The monoisotopic (exact) mass is 1990 g/mol. The van der Waals surface area contributed by atoms with Gasteiger partial charge in [0.15, 0.2) is 16.9 Å². The van der Waals surface area contributed by atoms with Crippen LogP contribution in [-0.4, -0.2) is 96.4 Å². The molecule has 0 radical (unpaired) electrons. The normalized spacial score (nSPS) is 11.3. The maximum absolute atomic E-state index is 13.5. The van der Waals surface area contributed by atoms with Crippen molar-refractivity contribution in [3.63, 3.8) is 0 Å². The number of pyridine rings is 4. The number of rotatable bonds is 13. The van der Waals surface area contributed by atoms with Crippen LogP contribution < -0.4 is 10.9 Å². The van der Waals surface area contributed by atoms with E-state index in [-0.39, 0.29) is 14.7 Å². The number of nitrogens with one attached hydrogen (secondary N) is 1. The number of hydrogen-bond donors (Lipinski definition) is 5. The van der Waals surface area contributed by atoms with Gasteiger partial charge >= 0.3 is 14.2 Å². The van der Waals surface area contributed by atoms with Crippen LogP contribution in [0.4, 0.5) is 0 Å². The summed E-state index contributed by atoms with van der Waals surface area (Å²) in [7, 11) is -14.1. The standard InChI is InChI=1S/C24H17ClN2O2S2.C20H14BrClN2O2S.C17H11ClN2S.C14H10BrIN2O2S.C6H6BClO2.C4H5BO2S/c1-16-6-8-19(9-7-16)31(28,29)27-14-22(20-4-2-3-5-23(20)25)21-12-18(13-26-24(21)27)17-10-11-30-15-17;1-13-6-8-15(9-7-13)27(25,26)24-12-18(16-4-2-3-5-19(16)22)17-10-14(21)11-23-20(17)24;18-16-4-2-1-3-13(16)15-9-20-17-14(15)7-12(8-19-17)11-5-6-21-10-11;1-9-2-4-11(5-3-9)21(19,20)18-8-13(16)12-6-10(15)7-17-14(12)18;8-6-4-2-1-3-5(6)7(9)10;6-5(7)4-1-2-8-3-4/h2-15H,1H3;2-12H,1H3;1-10H,(H,19,20);2-8H,1H3;1-4,9-10H;1-3,6-7H. The fourth-order valence-electron chi connectivity index (χ4n) is 12.1. The summed E-state index contributed by atoms with van der Waals surface area (Å²) < 4.78 is 85.1. The Kier molecular flexibility index (Phi) is 28.1. The van der Waals surface area contributed by atoms with Crippen LogP contribution in [0.2, 0.25) is 20.1 Å². The van der Waals surface area contributed by atoms with Crippen LogP contribution in [0.5, 0.6) is 0 Å². The van der Waals surface area contributed by atoms with E-state index in [9.17, 15) is 25.3 Å². The number of H-pyrrole nitrogens is 1. The van der Waals surface area contributed by atoms with Gasteiger partial charge in [-0.05, 0) is 221 Å². The molecule has 11 aromatic heterocycles. The molecule has 5 N–H and O–H groups in total. The van der Waals surface area contributed by atoms with Gasteiger partial charge in [0.2, 0.25) is 0 Å². The molecule has 118 heavy (non-hydrogen) atoms. The lowest BCUT2D eigenvalue weighted by atomic mass is 9.80. The smallest absolute Gasteiger partial charge is 0.423 e. The van der Waals surface area contributed by atoms with Crippen molar-refractivity contribution in [3.8, 4) is 55.6 Å². The van der Waals surface area contributed by atoms with Crippen molar-refractivity contribution in [2.45, 2.75) is 35.5 Å². The second-order valence-electron chi connectivity index (χ2n) is 26.2. The molecule has 18 aromatic rings. The van der Waals surface area contributed by atoms with E-state index in [2.05, 4.69) is 102 Å². The molecular formula is C85H63B2Br2Cl4IN8O10S6. The first-order valence-electron chi connectivity index (χ1n) is 35.3. The van der Waals surface area contributed by atoms with E-state index >= 15 is 0 Å². The van der Waals surface area contributed by atoms with Crippen molar-refractivity contribution in [1.29, 1.82) is 0 Å². The van der Waals surface area contributed by atoms with E-state index in [1.807, 2.05) is 129 Å². The Bertz CT molecular complexity index is 6980. The highest BCUT2D eigenvalue weighted by atomic mass is 127. The molecule has 0 atom stereocenters. The van der Waals surface area contributed by atoms with Crippen LogP contribution in [0.1, 0.15) is 16.7 Å². The Balaban J connectivity index is 0.000000128. The molecule has 0 unspecified atom stereocenters. The van der Waals surface area contributed by atoms with Gasteiger partial charge in [0, 0.05) is 154 Å². The summed E-state index contributed by atoms with van der Waals surface area (Å²) in [5, 5.41) is 51.6. The van der Waals surface area contributed by atoms with Gasteiger partial charge in [-0.3, -0.25) is 0 Å². The molecule has 18 nitrogen and oxygen atoms in total. The Labute approximate surface area is 743 Å². The van der Waals surface area contributed by atoms with Gasteiger partial charge in [-0.25, -0.2) is 57.1 Å². The summed E-state index contributed by atoms with van der Waals surface area (Å²) >= 11 is 38.4. The SMILES string of the molecule is Cc1ccc(S(=O)(=O)n2cc(-c3ccccc3Cl)c3cc(-c4ccsc4)cnc32)cc1.Cc1ccc(S(=O)(=O)n2cc(-c3ccccc3Cl)c3cc(Br)cnc32)cc1.Cc1ccc(S(=O)(=O)n2cc(I)c3cc(Br)cnc32)cc1.Clc1ccccc1-c1c[nH]c2ncc(-c3ccsc3)cc12.OB(O)c1ccccc1Cl.OB(O)c1ccsc1. The molecule has 0 saturated carbocycles. The maximum Gasteiger partial charge on any atom is 0.489 e. The Morgan fingerprint density at radius 3 is 1.16 bits per heavy atom. The van der Waals surface area contributed by atoms with Crippen molar-refractivity contribution < 1.29 is 45.3 Å². The van der Waals surface area contributed by atoms with Gasteiger partial charge in [0.25, 0.3) is 30.1 Å². The van der Waals surface area contributed by atoms with Crippen LogP contribution in [0.3, 0.4) is 0 Å². The molecule has 0 bridgehead atoms. The molecule has 0 aliphatic rings. The Hall–Kier alpha value is -8.93. The minimum Gasteiger partial charge on any atom is -0.423 e. The van der Waals surface area contributed by atoms with E-state index < -0.39 is 44.3 Å². The second-order valence-corrected chi connectivity index (χ2v) is 38.6. The third kappa shape index (κ3) is 19.7. The van der Waals surface area contributed by atoms with Gasteiger partial charge in [0.05, 0.1) is 14.7 Å². The summed E-state index contributed by atoms with van der Waals surface area (Å²) in [5.74, 6) is 0. The zero-order valence-electron chi connectivity index (χ0n) is 61.9. The number of hydrogen-bond acceptors (Lipinski definition) is 17. The average Bonchev–Trinajstić information content (AvgIpc) is 1.60. The largest absolute Gasteiger partial charge is 0.489 e. The topological polar surface area (TPSA) is 265 Å². The van der Waals surface area contributed by atoms with Crippen LogP contribution in [0.15, 0.2) is 318 Å². The van der Waals surface area contributed by atoms with Crippen molar-refractivity contribution >= 4 is 234 Å². The number of aryl methyl sites for hydroxylation is 3. The first-order chi connectivity index (χ1) is 56.6. The lowest BCUT2D eigenvalue weighted by molar-refractivity contribution is 0.424. The molecule has 0 amide bonds. The van der Waals surface area contributed by atoms with E-state index in [0.29, 0.717) is 53.9 Å². The number of benzene rings is 7. The summed E-state index contributed by atoms with van der Waals surface area (Å²) in [5.41, 5.74) is 15.3. The number of nitrogens with zero attached hydrogens (tertiary/aromatic N) is 7. The fraction of sp³-hybridized carbons (Fsp3) is 0.0353. The highest BCUT2D eigenvalue weighted by Gasteiger charge is 2.28. The predicted molar refractivity (Wildman–Crippen MR) is 498 cm³/mol. The van der Waals surface area contributed by atoms with Gasteiger partial charge in [-0.2, -0.15) is 34.0 Å². The van der Waals surface area contributed by atoms with Crippen LogP contribution in [0, 0.1) is 24.3 Å². The fourth-order valence-corrected chi connectivity index (χ4v) is 20.6. The minimum atomic E-state index is -3.84. The highest BCUT2D eigenvalue weighted by Crippen LogP contribution is 2.41. The number of halogens is 7. The van der Waals surface area contributed by atoms with Crippen molar-refractivity contribution in [2.24, 2.45) is 0 Å². The van der Waals surface area contributed by atoms with Crippen LogP contribution >= 0.6 is 135 Å². The zero-order valence-corrected chi connectivity index (χ0v) is 75.2. The predicted octanol–water partition coefficient (Wildman–Crippen LogP) is 21.3. The molecular weight excluding hydrogens is 1940 g/mol. The lowest BCUT2D eigenvalue weighted by Gasteiger charge is -2.07. The molecule has 0 saturated heterocycles. The Morgan fingerprint density at radius 2 is 0.763 bits per heavy atom. The molecule has 0 aliphatic heterocycles. The summed E-state index contributed by atoms with van der Waals surface area (Å²) in [6, 6.07) is 63.2. The van der Waals surface area contributed by atoms with Crippen LogP contribution in [0.25, 0.3) is 99.8 Å². The quantitative estimate of drug-likeness (QED) is 0.0531. The summed E-state index contributed by atoms with van der Waals surface area (Å²) in [6.45, 7) is 5.75. The van der Waals surface area contributed by atoms with Gasteiger partial charge in [0.1, 0.15) is 5.65 Å². The van der Waals surface area contributed by atoms with Crippen molar-refractivity contribution in [2.75, 3.05) is 0 Å². The second kappa shape index (κ2) is 38.2. The number of aromatic nitrogens is 8. The summed E-state index contributed by atoms with van der Waals surface area (Å²) in [4.78, 5) is 21.6. The lowest BCUT2D eigenvalue weighted by Crippen LogP contribution is -2.30. The molecule has 11 heterocycles. The first-order valence-corrected chi connectivity index (χ1v) is 46.6. The first kappa shape index (κ1) is 86.9. The maximum atomic E-state index is 13.5. The van der Waals surface area contributed by atoms with Gasteiger partial charge < -0.3 is 25.1 Å². The molecule has 33 heteroatoms. The number of thiophene rings is 3. The molecule has 0 spiro atoms.